The Bertz CT molecular complexity index is 366. The van der Waals surface area contributed by atoms with E-state index in [0.717, 1.165) is 12.0 Å². The van der Waals surface area contributed by atoms with E-state index in [1.165, 1.54) is 17.7 Å². The lowest BCUT2D eigenvalue weighted by molar-refractivity contribution is 0.261. The fraction of sp³-hybridized carbons (Fsp3) is 0.333. The average Bonchev–Trinajstić information content (AvgIpc) is 2.94. The zero-order valence-corrected chi connectivity index (χ0v) is 8.13. The van der Waals surface area contributed by atoms with Gasteiger partial charge in [0.25, 0.3) is 0 Å². The molecule has 1 N–H and O–H groups in total. The van der Waals surface area contributed by atoms with Crippen molar-refractivity contribution in [3.8, 4) is 0 Å². The summed E-state index contributed by atoms with van der Waals surface area (Å²) >= 11 is 0. The molecule has 1 nitrogen and oxygen atoms in total. The van der Waals surface area contributed by atoms with E-state index in [-0.39, 0.29) is 17.8 Å². The molecule has 74 valence electrons. The first kappa shape index (κ1) is 9.41. The summed E-state index contributed by atoms with van der Waals surface area (Å²) in [7, 11) is 0. The zero-order chi connectivity index (χ0) is 10.2. The van der Waals surface area contributed by atoms with Crippen molar-refractivity contribution < 1.29 is 9.50 Å². The number of halogens is 1. The third-order valence-corrected chi connectivity index (χ3v) is 3.00. The molecule has 0 saturated heterocycles. The Hall–Kier alpha value is -1.15. The van der Waals surface area contributed by atoms with Crippen molar-refractivity contribution in [2.75, 3.05) is 6.61 Å². The van der Waals surface area contributed by atoms with Crippen molar-refractivity contribution in [1.82, 2.24) is 0 Å². The van der Waals surface area contributed by atoms with E-state index in [2.05, 4.69) is 0 Å². The summed E-state index contributed by atoms with van der Waals surface area (Å²) in [6.07, 6.45) is 2.92. The fourth-order valence-corrected chi connectivity index (χ4v) is 1.96. The van der Waals surface area contributed by atoms with Crippen LogP contribution in [0.25, 0.3) is 0 Å². The molecule has 0 radical (unpaired) electrons. The highest BCUT2D eigenvalue weighted by Gasteiger charge is 2.48. The molecule has 14 heavy (non-hydrogen) atoms. The second-order valence-electron chi connectivity index (χ2n) is 3.74. The summed E-state index contributed by atoms with van der Waals surface area (Å²) in [6, 6.07) is 6.39. The van der Waals surface area contributed by atoms with Gasteiger partial charge in [-0.2, -0.15) is 0 Å². The maximum Gasteiger partial charge on any atom is 0.123 e. The standard InChI is InChI=1S/C12H13FO/c1-2-9-7-12(9,8-14)10-3-5-11(13)6-4-10/h2-6,14H,7-8H2,1H3/b9-2+/t12-/m0/s1. The van der Waals surface area contributed by atoms with Gasteiger partial charge in [0.05, 0.1) is 6.61 Å². The van der Waals surface area contributed by atoms with Crippen molar-refractivity contribution in [2.45, 2.75) is 18.8 Å². The summed E-state index contributed by atoms with van der Waals surface area (Å²) in [6.45, 7) is 2.08. The average molecular weight is 192 g/mol. The van der Waals surface area contributed by atoms with Crippen LogP contribution in [0.4, 0.5) is 4.39 Å². The Balaban J connectivity index is 2.35. The lowest BCUT2D eigenvalue weighted by atomic mass is 9.96. The largest absolute Gasteiger partial charge is 0.395 e. The van der Waals surface area contributed by atoms with E-state index in [1.807, 2.05) is 13.0 Å². The summed E-state index contributed by atoms with van der Waals surface area (Å²) in [5, 5.41) is 9.35. The molecule has 0 aromatic heterocycles. The number of aliphatic hydroxyl groups is 1. The van der Waals surface area contributed by atoms with Crippen molar-refractivity contribution in [3.05, 3.63) is 47.3 Å². The highest BCUT2D eigenvalue weighted by molar-refractivity contribution is 5.49. The summed E-state index contributed by atoms with van der Waals surface area (Å²) in [5.41, 5.74) is 2.05. The van der Waals surface area contributed by atoms with Crippen molar-refractivity contribution in [1.29, 1.82) is 0 Å². The smallest absolute Gasteiger partial charge is 0.123 e. The quantitative estimate of drug-likeness (QED) is 0.713. The minimum atomic E-state index is -0.232. The Morgan fingerprint density at radius 3 is 2.50 bits per heavy atom. The van der Waals surface area contributed by atoms with Gasteiger partial charge in [-0.25, -0.2) is 4.39 Å². The first-order valence-corrected chi connectivity index (χ1v) is 4.75. The van der Waals surface area contributed by atoms with Gasteiger partial charge in [0.1, 0.15) is 5.82 Å². The molecule has 0 bridgehead atoms. The summed E-state index contributed by atoms with van der Waals surface area (Å²) in [5.74, 6) is -0.232. The van der Waals surface area contributed by atoms with Crippen LogP contribution in [0.1, 0.15) is 18.9 Å². The predicted molar refractivity (Wildman–Crippen MR) is 53.5 cm³/mol. The fourth-order valence-electron chi connectivity index (χ4n) is 1.96. The van der Waals surface area contributed by atoms with Crippen LogP contribution < -0.4 is 0 Å². The van der Waals surface area contributed by atoms with Crippen LogP contribution in [-0.2, 0) is 5.41 Å². The number of hydrogen-bond donors (Lipinski definition) is 1. The number of benzene rings is 1. The molecule has 0 spiro atoms. The third kappa shape index (κ3) is 1.26. The van der Waals surface area contributed by atoms with Crippen LogP contribution in [0.5, 0.6) is 0 Å². The van der Waals surface area contributed by atoms with Gasteiger partial charge in [0.15, 0.2) is 0 Å². The first-order chi connectivity index (χ1) is 6.73. The van der Waals surface area contributed by atoms with Crippen LogP contribution in [0, 0.1) is 5.82 Å². The molecule has 1 saturated carbocycles. The second kappa shape index (κ2) is 3.21. The van der Waals surface area contributed by atoms with Crippen molar-refractivity contribution in [3.63, 3.8) is 0 Å². The maximum absolute atomic E-state index is 12.7. The zero-order valence-electron chi connectivity index (χ0n) is 8.13. The van der Waals surface area contributed by atoms with Gasteiger partial charge in [-0.15, -0.1) is 0 Å². The molecule has 1 aliphatic carbocycles. The van der Waals surface area contributed by atoms with Gasteiger partial charge >= 0.3 is 0 Å². The van der Waals surface area contributed by atoms with E-state index >= 15 is 0 Å². The van der Waals surface area contributed by atoms with Gasteiger partial charge in [0, 0.05) is 5.41 Å². The van der Waals surface area contributed by atoms with Crippen molar-refractivity contribution in [2.24, 2.45) is 0 Å². The molecule has 0 heterocycles. The number of rotatable bonds is 2. The Labute approximate surface area is 82.9 Å². The predicted octanol–water partition coefficient (Wildman–Crippen LogP) is 2.41. The minimum Gasteiger partial charge on any atom is -0.395 e. The van der Waals surface area contributed by atoms with E-state index in [9.17, 15) is 9.50 Å². The topological polar surface area (TPSA) is 20.2 Å². The molecule has 0 amide bonds. The van der Waals surface area contributed by atoms with Crippen LogP contribution in [-0.4, -0.2) is 11.7 Å². The van der Waals surface area contributed by atoms with E-state index < -0.39 is 0 Å². The Morgan fingerprint density at radius 2 is 2.07 bits per heavy atom. The van der Waals surface area contributed by atoms with Gasteiger partial charge in [-0.3, -0.25) is 0 Å². The van der Waals surface area contributed by atoms with Crippen LogP contribution >= 0.6 is 0 Å². The second-order valence-corrected chi connectivity index (χ2v) is 3.74. The lowest BCUT2D eigenvalue weighted by Gasteiger charge is -2.11. The van der Waals surface area contributed by atoms with Gasteiger partial charge in [-0.1, -0.05) is 23.8 Å². The van der Waals surface area contributed by atoms with Gasteiger partial charge in [0.2, 0.25) is 0 Å². The van der Waals surface area contributed by atoms with E-state index in [4.69, 9.17) is 0 Å². The van der Waals surface area contributed by atoms with Crippen molar-refractivity contribution >= 4 is 0 Å². The highest BCUT2D eigenvalue weighted by atomic mass is 19.1. The molecule has 1 aromatic rings. The van der Waals surface area contributed by atoms with Gasteiger partial charge in [-0.05, 0) is 31.0 Å². The summed E-state index contributed by atoms with van der Waals surface area (Å²) in [4.78, 5) is 0. The normalized spacial score (nSPS) is 28.1. The molecule has 1 aromatic carbocycles. The molecular weight excluding hydrogens is 179 g/mol. The lowest BCUT2D eigenvalue weighted by Crippen LogP contribution is -2.12. The van der Waals surface area contributed by atoms with Crippen LogP contribution in [0.2, 0.25) is 0 Å². The van der Waals surface area contributed by atoms with Crippen LogP contribution in [0.15, 0.2) is 35.9 Å². The molecule has 0 aliphatic heterocycles. The number of hydrogen-bond acceptors (Lipinski definition) is 1. The third-order valence-electron chi connectivity index (χ3n) is 3.00. The molecular formula is C12H13FO. The molecule has 2 rings (SSSR count). The maximum atomic E-state index is 12.7. The number of allylic oxidation sites excluding steroid dienone is 1. The highest BCUT2D eigenvalue weighted by Crippen LogP contribution is 2.53. The molecule has 1 atom stereocenters. The molecule has 1 fully saturated rings. The molecule has 0 unspecified atom stereocenters. The monoisotopic (exact) mass is 192 g/mol. The SMILES string of the molecule is C/C=C1\C[C@@]1(CO)c1ccc(F)cc1. The van der Waals surface area contributed by atoms with Crippen LogP contribution in [0.3, 0.4) is 0 Å². The van der Waals surface area contributed by atoms with E-state index in [0.29, 0.717) is 0 Å². The summed E-state index contributed by atoms with van der Waals surface area (Å²) < 4.78 is 12.7. The van der Waals surface area contributed by atoms with Gasteiger partial charge < -0.3 is 5.11 Å². The minimum absolute atomic E-state index is 0.109. The Morgan fingerprint density at radius 1 is 1.43 bits per heavy atom. The van der Waals surface area contributed by atoms with E-state index in [1.54, 1.807) is 12.1 Å². The number of aliphatic hydroxyl groups excluding tert-OH is 1. The molecule has 1 aliphatic rings. The molecule has 2 heteroatoms. The Kier molecular flexibility index (Phi) is 2.16. The first-order valence-electron chi connectivity index (χ1n) is 4.75.